The van der Waals surface area contributed by atoms with Crippen molar-refractivity contribution in [3.63, 3.8) is 0 Å². The first-order valence-electron chi connectivity index (χ1n) is 17.0. The van der Waals surface area contributed by atoms with Gasteiger partial charge in [0.1, 0.15) is 10.7 Å². The first-order valence-corrected chi connectivity index (χ1v) is 17.4. The van der Waals surface area contributed by atoms with Crippen LogP contribution in [0.3, 0.4) is 0 Å². The summed E-state index contributed by atoms with van der Waals surface area (Å²) in [6.07, 6.45) is 19.9. The van der Waals surface area contributed by atoms with Crippen molar-refractivity contribution in [1.82, 2.24) is 14.6 Å². The van der Waals surface area contributed by atoms with Gasteiger partial charge < -0.3 is 10.1 Å². The Morgan fingerprint density at radius 1 is 0.911 bits per heavy atom. The molecule has 2 aromatic heterocycles. The van der Waals surface area contributed by atoms with Crippen LogP contribution in [-0.2, 0) is 9.53 Å². The number of anilines is 1. The van der Waals surface area contributed by atoms with Crippen LogP contribution < -0.4 is 5.32 Å². The van der Waals surface area contributed by atoms with Crippen molar-refractivity contribution in [2.75, 3.05) is 11.9 Å². The maximum atomic E-state index is 12.9. The van der Waals surface area contributed by atoms with E-state index in [-0.39, 0.29) is 34.6 Å². The lowest BCUT2D eigenvalue weighted by atomic mass is 9.96. The van der Waals surface area contributed by atoms with Crippen LogP contribution >= 0.6 is 11.6 Å². The number of unbranched alkanes of at least 4 members (excludes halogenated alkanes) is 14. The Morgan fingerprint density at radius 3 is 2.00 bits per heavy atom. The number of halogens is 1. The largest absolute Gasteiger partial charge is 0.463 e. The molecule has 0 fully saturated rings. The number of aromatic amines is 1. The molecular formula is C36H52ClN5O3. The number of carbonyl (C=O) groups is 2. The molecule has 8 nitrogen and oxygen atoms in total. The average molecular weight is 638 g/mol. The third-order valence-electron chi connectivity index (χ3n) is 8.57. The van der Waals surface area contributed by atoms with E-state index in [0.717, 1.165) is 40.8 Å². The number of H-pyrrole nitrogens is 1. The molecule has 0 radical (unpaired) electrons. The molecular weight excluding hydrogens is 586 g/mol. The van der Waals surface area contributed by atoms with Gasteiger partial charge in [0.05, 0.1) is 13.2 Å². The van der Waals surface area contributed by atoms with Gasteiger partial charge in [-0.2, -0.15) is 0 Å². The van der Waals surface area contributed by atoms with Crippen LogP contribution in [0.2, 0.25) is 5.15 Å². The topological polar surface area (TPSA) is 92.8 Å². The van der Waals surface area contributed by atoms with E-state index in [1.54, 1.807) is 6.92 Å². The van der Waals surface area contributed by atoms with Crippen molar-refractivity contribution in [2.45, 2.75) is 137 Å². The van der Waals surface area contributed by atoms with E-state index >= 15 is 0 Å². The number of nitrogens with zero attached hydrogens (tertiary/aromatic N) is 3. The average Bonchev–Trinajstić information content (AvgIpc) is 3.54. The molecule has 1 aromatic carbocycles. The zero-order valence-corrected chi connectivity index (χ0v) is 28.8. The number of benzene rings is 1. The number of aromatic nitrogens is 3. The smallest absolute Gasteiger partial charge is 0.331 e. The van der Waals surface area contributed by atoms with Crippen molar-refractivity contribution < 1.29 is 14.3 Å². The Bertz CT molecular complexity index is 1470. The third kappa shape index (κ3) is 9.84. The van der Waals surface area contributed by atoms with Gasteiger partial charge in [0.15, 0.2) is 11.5 Å². The first kappa shape index (κ1) is 36.2. The summed E-state index contributed by atoms with van der Waals surface area (Å²) in [5, 5.41) is 6.36. The number of carbonyl (C=O) groups excluding carboxylic acids is 2. The highest BCUT2D eigenvalue weighted by atomic mass is 35.5. The van der Waals surface area contributed by atoms with Crippen LogP contribution in [0.15, 0.2) is 6.07 Å². The molecule has 9 heteroatoms. The van der Waals surface area contributed by atoms with Crippen molar-refractivity contribution >= 4 is 40.5 Å². The molecule has 2 N–H and O–H groups in total. The van der Waals surface area contributed by atoms with E-state index in [4.69, 9.17) is 22.9 Å². The minimum absolute atomic E-state index is 0.00419. The first-order chi connectivity index (χ1) is 21.7. The monoisotopic (exact) mass is 637 g/mol. The number of aryl methyl sites for hydroxylation is 2. The van der Waals surface area contributed by atoms with Gasteiger partial charge >= 0.3 is 5.97 Å². The van der Waals surface area contributed by atoms with Gasteiger partial charge in [0.25, 0.3) is 0 Å². The summed E-state index contributed by atoms with van der Waals surface area (Å²) in [4.78, 5) is 33.7. The normalized spacial score (nSPS) is 11.2. The second-order valence-electron chi connectivity index (χ2n) is 12.2. The fourth-order valence-electron chi connectivity index (χ4n) is 6.17. The summed E-state index contributed by atoms with van der Waals surface area (Å²) in [6.45, 7) is 17.6. The molecule has 0 atom stereocenters. The van der Waals surface area contributed by atoms with Crippen molar-refractivity contribution in [3.8, 4) is 11.4 Å². The lowest BCUT2D eigenvalue weighted by Crippen LogP contribution is -2.14. The molecule has 0 aliphatic rings. The van der Waals surface area contributed by atoms with Crippen molar-refractivity contribution in [3.05, 3.63) is 44.9 Å². The maximum Gasteiger partial charge on any atom is 0.331 e. The van der Waals surface area contributed by atoms with E-state index < -0.39 is 5.97 Å². The number of amides is 1. The Labute approximate surface area is 274 Å². The van der Waals surface area contributed by atoms with Crippen molar-refractivity contribution in [2.24, 2.45) is 0 Å². The van der Waals surface area contributed by atoms with Crippen LogP contribution in [0.25, 0.3) is 21.9 Å². The fraction of sp³-hybridized carbons (Fsp3) is 0.611. The molecule has 2 heterocycles. The van der Waals surface area contributed by atoms with E-state index in [2.05, 4.69) is 27.2 Å². The Balaban J connectivity index is 1.51. The molecule has 246 valence electrons. The molecule has 0 saturated heterocycles. The van der Waals surface area contributed by atoms with Gasteiger partial charge in [0.2, 0.25) is 11.6 Å². The van der Waals surface area contributed by atoms with Gasteiger partial charge in [-0.15, -0.1) is 0 Å². The summed E-state index contributed by atoms with van der Waals surface area (Å²) >= 11 is 6.46. The van der Waals surface area contributed by atoms with Crippen molar-refractivity contribution in [1.29, 1.82) is 0 Å². The summed E-state index contributed by atoms with van der Waals surface area (Å²) in [5.74, 6) is -0.149. The molecule has 0 bridgehead atoms. The van der Waals surface area contributed by atoms with Crippen LogP contribution in [0, 0.1) is 27.3 Å². The zero-order chi connectivity index (χ0) is 32.8. The molecule has 0 spiro atoms. The highest BCUT2D eigenvalue weighted by Gasteiger charge is 2.28. The number of nitrogens with one attached hydrogen (secondary N) is 2. The van der Waals surface area contributed by atoms with Crippen LogP contribution in [0.1, 0.15) is 144 Å². The lowest BCUT2D eigenvalue weighted by Gasteiger charge is -2.17. The highest BCUT2D eigenvalue weighted by Crippen LogP contribution is 2.38. The molecule has 45 heavy (non-hydrogen) atoms. The standard InChI is InChI=1S/C36H52ClN5O3/c1-7-9-10-11-12-13-14-15-16-17-18-19-20-21-22-23-28(43)39-31-26(4)24-25(3)29(27(31)5)34-40-35-30(36(44)45-8-2)32(38-6)33(37)42(35)41-34/h24H,7-23H2,1-5H3,(H,39,43)(H,40,41). The lowest BCUT2D eigenvalue weighted by molar-refractivity contribution is -0.116. The predicted octanol–water partition coefficient (Wildman–Crippen LogP) is 10.8. The SMILES string of the molecule is [C-]#[N+]c1c(C(=O)OCC)c2nc(-c3c(C)cc(C)c(NC(=O)CCCCCCCCCCCCCCCCC)c3C)[nH]n2c1Cl. The summed E-state index contributed by atoms with van der Waals surface area (Å²) < 4.78 is 6.60. The second kappa shape index (κ2) is 18.6. The van der Waals surface area contributed by atoms with Gasteiger partial charge in [0, 0.05) is 17.7 Å². The Hall–Kier alpha value is -3.31. The van der Waals surface area contributed by atoms with Gasteiger partial charge in [-0.25, -0.2) is 19.1 Å². The highest BCUT2D eigenvalue weighted by molar-refractivity contribution is 6.34. The number of hydrogen-bond donors (Lipinski definition) is 2. The van der Waals surface area contributed by atoms with E-state index in [1.165, 1.54) is 88.0 Å². The van der Waals surface area contributed by atoms with E-state index in [0.29, 0.717) is 12.2 Å². The van der Waals surface area contributed by atoms with Gasteiger partial charge in [-0.3, -0.25) is 9.89 Å². The number of esters is 1. The number of ether oxygens (including phenoxy) is 1. The fourth-order valence-corrected chi connectivity index (χ4v) is 6.43. The molecule has 1 amide bonds. The Morgan fingerprint density at radius 2 is 1.47 bits per heavy atom. The Kier molecular flexibility index (Phi) is 15.0. The molecule has 3 aromatic rings. The molecule has 0 unspecified atom stereocenters. The third-order valence-corrected chi connectivity index (χ3v) is 8.92. The van der Waals surface area contributed by atoms with Crippen LogP contribution in [0.4, 0.5) is 11.4 Å². The molecule has 3 rings (SSSR count). The molecule has 0 aliphatic carbocycles. The van der Waals surface area contributed by atoms with Gasteiger partial charge in [-0.05, 0) is 50.8 Å². The summed E-state index contributed by atoms with van der Waals surface area (Å²) in [5.41, 5.74) is 4.65. The summed E-state index contributed by atoms with van der Waals surface area (Å²) in [6, 6.07) is 2.02. The molecule has 0 saturated carbocycles. The van der Waals surface area contributed by atoms with E-state index in [9.17, 15) is 9.59 Å². The van der Waals surface area contributed by atoms with Crippen LogP contribution in [-0.4, -0.2) is 33.1 Å². The zero-order valence-electron chi connectivity index (χ0n) is 28.0. The second-order valence-corrected chi connectivity index (χ2v) is 12.6. The van der Waals surface area contributed by atoms with Crippen LogP contribution in [0.5, 0.6) is 0 Å². The summed E-state index contributed by atoms with van der Waals surface area (Å²) in [7, 11) is 0. The number of rotatable bonds is 20. The molecule has 0 aliphatic heterocycles. The number of hydrogen-bond acceptors (Lipinski definition) is 4. The predicted molar refractivity (Wildman–Crippen MR) is 185 cm³/mol. The number of fused-ring (bicyclic) bond motifs is 1. The quantitative estimate of drug-likeness (QED) is 0.0732. The van der Waals surface area contributed by atoms with Gasteiger partial charge in [-0.1, -0.05) is 114 Å². The minimum atomic E-state index is -0.643. The minimum Gasteiger partial charge on any atom is -0.463 e. The maximum absolute atomic E-state index is 12.9. The van der Waals surface area contributed by atoms with E-state index in [1.807, 2.05) is 26.8 Å².